The quantitative estimate of drug-likeness (QED) is 0.806. The van der Waals surface area contributed by atoms with E-state index in [1.807, 2.05) is 43.9 Å². The number of carbonyl (C=O) groups excluding carboxylic acids is 2. The number of aryl methyl sites for hydroxylation is 1. The van der Waals surface area contributed by atoms with Crippen molar-refractivity contribution in [1.82, 2.24) is 9.80 Å². The number of nitrogens with one attached hydrogen (secondary N) is 2. The van der Waals surface area contributed by atoms with Crippen LogP contribution in [-0.2, 0) is 4.79 Å². The number of rotatable bonds is 5. The highest BCUT2D eigenvalue weighted by molar-refractivity contribution is 5.95. The number of anilines is 2. The Morgan fingerprint density at radius 2 is 1.75 bits per heavy atom. The molecule has 0 unspecified atom stereocenters. The zero-order valence-electron chi connectivity index (χ0n) is 17.5. The number of piperazine rings is 1. The molecule has 0 atom stereocenters. The predicted molar refractivity (Wildman–Crippen MR) is 114 cm³/mol. The van der Waals surface area contributed by atoms with Gasteiger partial charge >= 0.3 is 6.03 Å². The van der Waals surface area contributed by atoms with Crippen molar-refractivity contribution in [1.29, 1.82) is 0 Å². The maximum atomic E-state index is 12.7. The fourth-order valence-corrected chi connectivity index (χ4v) is 4.01. The van der Waals surface area contributed by atoms with Gasteiger partial charge in [0.2, 0.25) is 5.91 Å². The summed E-state index contributed by atoms with van der Waals surface area (Å²) < 4.78 is 0. The second-order valence-electron chi connectivity index (χ2n) is 8.54. The average molecular weight is 387 g/mol. The van der Waals surface area contributed by atoms with E-state index in [1.165, 1.54) is 32.2 Å². The van der Waals surface area contributed by atoms with E-state index < -0.39 is 0 Å². The molecule has 154 valence electrons. The molecule has 0 radical (unpaired) electrons. The van der Waals surface area contributed by atoms with Crippen LogP contribution in [0.25, 0.3) is 0 Å². The Hall–Kier alpha value is -2.08. The molecule has 1 aromatic carbocycles. The smallest absolute Gasteiger partial charge is 0.321 e. The van der Waals surface area contributed by atoms with Gasteiger partial charge in [0.1, 0.15) is 0 Å². The van der Waals surface area contributed by atoms with E-state index in [4.69, 9.17) is 0 Å². The molecule has 2 fully saturated rings. The number of amides is 3. The molecule has 1 aromatic rings. The van der Waals surface area contributed by atoms with Crippen LogP contribution in [-0.4, -0.2) is 54.5 Å². The van der Waals surface area contributed by atoms with Crippen molar-refractivity contribution < 1.29 is 9.59 Å². The summed E-state index contributed by atoms with van der Waals surface area (Å²) in [5.74, 6) is 0.746. The highest BCUT2D eigenvalue weighted by Crippen LogP contribution is 2.26. The van der Waals surface area contributed by atoms with Gasteiger partial charge in [0.15, 0.2) is 0 Å². The monoisotopic (exact) mass is 386 g/mol. The zero-order chi connectivity index (χ0) is 20.1. The van der Waals surface area contributed by atoms with Crippen molar-refractivity contribution in [2.24, 2.45) is 11.8 Å². The van der Waals surface area contributed by atoms with E-state index in [9.17, 15) is 9.59 Å². The standard InChI is InChI=1S/C22H34N4O2/c1-16(2)21(27)24-20-14-19(9-8-17(20)3)23-22(28)26-12-10-25(11-13-26)15-18-6-4-5-7-18/h8-9,14,16,18H,4-7,10-13,15H2,1-3H3,(H,23,28)(H,24,27). The molecule has 1 saturated heterocycles. The van der Waals surface area contributed by atoms with Crippen molar-refractivity contribution in [2.75, 3.05) is 43.4 Å². The summed E-state index contributed by atoms with van der Waals surface area (Å²) in [7, 11) is 0. The Kier molecular flexibility index (Phi) is 6.94. The lowest BCUT2D eigenvalue weighted by atomic mass is 10.1. The molecule has 0 spiro atoms. The number of carbonyl (C=O) groups is 2. The molecule has 0 bridgehead atoms. The van der Waals surface area contributed by atoms with Crippen molar-refractivity contribution in [3.05, 3.63) is 23.8 Å². The molecule has 3 rings (SSSR count). The highest BCUT2D eigenvalue weighted by atomic mass is 16.2. The Balaban J connectivity index is 1.51. The second kappa shape index (κ2) is 9.41. The fraction of sp³-hybridized carbons (Fsp3) is 0.636. The van der Waals surface area contributed by atoms with E-state index in [2.05, 4.69) is 15.5 Å². The number of benzene rings is 1. The molecule has 2 aliphatic rings. The van der Waals surface area contributed by atoms with Crippen molar-refractivity contribution in [3.8, 4) is 0 Å². The molecule has 0 aromatic heterocycles. The second-order valence-corrected chi connectivity index (χ2v) is 8.54. The lowest BCUT2D eigenvalue weighted by molar-refractivity contribution is -0.118. The van der Waals surface area contributed by atoms with Crippen LogP contribution in [0.4, 0.5) is 16.2 Å². The Morgan fingerprint density at radius 1 is 1.07 bits per heavy atom. The van der Waals surface area contributed by atoms with Crippen molar-refractivity contribution in [2.45, 2.75) is 46.5 Å². The van der Waals surface area contributed by atoms with Crippen LogP contribution in [0.2, 0.25) is 0 Å². The summed E-state index contributed by atoms with van der Waals surface area (Å²) in [5, 5.41) is 5.92. The molecule has 28 heavy (non-hydrogen) atoms. The Bertz CT molecular complexity index is 690. The predicted octanol–water partition coefficient (Wildman–Crippen LogP) is 3.93. The zero-order valence-corrected chi connectivity index (χ0v) is 17.5. The fourth-order valence-electron chi connectivity index (χ4n) is 4.01. The summed E-state index contributed by atoms with van der Waals surface area (Å²) >= 11 is 0. The third-order valence-electron chi connectivity index (χ3n) is 5.92. The molecule has 6 nitrogen and oxygen atoms in total. The third kappa shape index (κ3) is 5.47. The van der Waals surface area contributed by atoms with E-state index in [1.54, 1.807) is 0 Å². The van der Waals surface area contributed by atoms with Crippen LogP contribution < -0.4 is 10.6 Å². The van der Waals surface area contributed by atoms with Crippen LogP contribution in [0.1, 0.15) is 45.1 Å². The first kappa shape index (κ1) is 20.6. The summed E-state index contributed by atoms with van der Waals surface area (Å²) in [6.45, 7) is 10.3. The van der Waals surface area contributed by atoms with Gasteiger partial charge < -0.3 is 15.5 Å². The lowest BCUT2D eigenvalue weighted by Gasteiger charge is -2.35. The maximum absolute atomic E-state index is 12.7. The van der Waals surface area contributed by atoms with Gasteiger partial charge in [-0.1, -0.05) is 32.8 Å². The van der Waals surface area contributed by atoms with Crippen molar-refractivity contribution in [3.63, 3.8) is 0 Å². The van der Waals surface area contributed by atoms with Gasteiger partial charge in [-0.05, 0) is 43.4 Å². The van der Waals surface area contributed by atoms with Crippen LogP contribution in [0.3, 0.4) is 0 Å². The Morgan fingerprint density at radius 3 is 2.39 bits per heavy atom. The van der Waals surface area contributed by atoms with Crippen LogP contribution in [0.5, 0.6) is 0 Å². The largest absolute Gasteiger partial charge is 0.326 e. The average Bonchev–Trinajstić information content (AvgIpc) is 3.18. The topological polar surface area (TPSA) is 64.7 Å². The lowest BCUT2D eigenvalue weighted by Crippen LogP contribution is -2.50. The molecular formula is C22H34N4O2. The Labute approximate surface area is 168 Å². The molecular weight excluding hydrogens is 352 g/mol. The molecule has 1 heterocycles. The summed E-state index contributed by atoms with van der Waals surface area (Å²) in [6.07, 6.45) is 5.49. The van der Waals surface area contributed by atoms with Crippen molar-refractivity contribution >= 4 is 23.3 Å². The summed E-state index contributed by atoms with van der Waals surface area (Å²) in [4.78, 5) is 29.0. The first-order valence-corrected chi connectivity index (χ1v) is 10.6. The molecule has 1 aliphatic carbocycles. The van der Waals surface area contributed by atoms with Gasteiger partial charge in [0.05, 0.1) is 0 Å². The van der Waals surface area contributed by atoms with Gasteiger partial charge in [-0.25, -0.2) is 4.79 Å². The van der Waals surface area contributed by atoms with Gasteiger partial charge in [0, 0.05) is 50.0 Å². The first-order valence-electron chi connectivity index (χ1n) is 10.6. The van der Waals surface area contributed by atoms with Gasteiger partial charge in [0.25, 0.3) is 0 Å². The SMILES string of the molecule is Cc1ccc(NC(=O)N2CCN(CC3CCCC3)CC2)cc1NC(=O)C(C)C. The molecule has 2 N–H and O–H groups in total. The van der Waals surface area contributed by atoms with E-state index in [0.29, 0.717) is 5.69 Å². The van der Waals surface area contributed by atoms with Crippen LogP contribution in [0.15, 0.2) is 18.2 Å². The minimum atomic E-state index is -0.0850. The first-order chi connectivity index (χ1) is 13.4. The summed E-state index contributed by atoms with van der Waals surface area (Å²) in [6, 6.07) is 5.58. The number of hydrogen-bond acceptors (Lipinski definition) is 3. The number of hydrogen-bond donors (Lipinski definition) is 2. The molecule has 1 saturated carbocycles. The van der Waals surface area contributed by atoms with Gasteiger partial charge in [-0.2, -0.15) is 0 Å². The molecule has 3 amide bonds. The van der Waals surface area contributed by atoms with Crippen LogP contribution >= 0.6 is 0 Å². The molecule has 6 heteroatoms. The highest BCUT2D eigenvalue weighted by Gasteiger charge is 2.24. The third-order valence-corrected chi connectivity index (χ3v) is 5.92. The number of urea groups is 1. The van der Waals surface area contributed by atoms with Crippen LogP contribution in [0, 0.1) is 18.8 Å². The number of nitrogens with zero attached hydrogens (tertiary/aromatic N) is 2. The van der Waals surface area contributed by atoms with Gasteiger partial charge in [-0.15, -0.1) is 0 Å². The minimum absolute atomic E-state index is 0.0232. The van der Waals surface area contributed by atoms with Gasteiger partial charge in [-0.3, -0.25) is 9.69 Å². The van der Waals surface area contributed by atoms with E-state index in [0.717, 1.165) is 43.3 Å². The molecule has 1 aliphatic heterocycles. The maximum Gasteiger partial charge on any atom is 0.321 e. The normalized spacial score (nSPS) is 18.5. The van der Waals surface area contributed by atoms with E-state index >= 15 is 0 Å². The summed E-state index contributed by atoms with van der Waals surface area (Å²) in [5.41, 5.74) is 2.44. The van der Waals surface area contributed by atoms with E-state index in [-0.39, 0.29) is 17.9 Å². The minimum Gasteiger partial charge on any atom is -0.326 e.